The highest BCUT2D eigenvalue weighted by Gasteiger charge is 2.60. The predicted octanol–water partition coefficient (Wildman–Crippen LogP) is 7.79. The van der Waals surface area contributed by atoms with E-state index in [2.05, 4.69) is 41.5 Å². The zero-order chi connectivity index (χ0) is 24.9. The van der Waals surface area contributed by atoms with Crippen LogP contribution in [0.15, 0.2) is 0 Å². The van der Waals surface area contributed by atoms with Gasteiger partial charge in [-0.15, -0.1) is 0 Å². The Morgan fingerprint density at radius 2 is 1.68 bits per heavy atom. The van der Waals surface area contributed by atoms with Gasteiger partial charge in [0.2, 0.25) is 0 Å². The molecule has 0 amide bonds. The molecule has 196 valence electrons. The van der Waals surface area contributed by atoms with Crippen molar-refractivity contribution < 1.29 is 14.6 Å². The summed E-state index contributed by atoms with van der Waals surface area (Å²) in [5, 5.41) is 11.1. The van der Waals surface area contributed by atoms with E-state index >= 15 is 0 Å². The maximum atomic E-state index is 11.5. The number of carbonyl (C=O) groups excluding carboxylic acids is 1. The average molecular weight is 475 g/mol. The SMILES string of the molecule is CC[C@](O)(CC[C@@H](C)[C@H]1CC[C@H]2[C@@H]3CC[C@H]4C[C@@H](OC(C)=O)CC[C@]4(C)[C@H]3CC[C@]12C)C(C)C. The van der Waals surface area contributed by atoms with E-state index in [0.717, 1.165) is 55.3 Å². The van der Waals surface area contributed by atoms with E-state index < -0.39 is 5.60 Å². The highest BCUT2D eigenvalue weighted by Crippen LogP contribution is 2.68. The van der Waals surface area contributed by atoms with Crippen LogP contribution in [0.5, 0.6) is 0 Å². The molecule has 4 saturated carbocycles. The van der Waals surface area contributed by atoms with E-state index in [1.165, 1.54) is 51.4 Å². The van der Waals surface area contributed by atoms with Crippen LogP contribution in [0.4, 0.5) is 0 Å². The van der Waals surface area contributed by atoms with Gasteiger partial charge in [-0.2, -0.15) is 0 Å². The third-order valence-electron chi connectivity index (χ3n) is 12.4. The Kier molecular flexibility index (Phi) is 7.57. The Hall–Kier alpha value is -0.570. The lowest BCUT2D eigenvalue weighted by atomic mass is 9.44. The van der Waals surface area contributed by atoms with Crippen molar-refractivity contribution in [1.82, 2.24) is 0 Å². The summed E-state index contributed by atoms with van der Waals surface area (Å²) in [6, 6.07) is 0. The summed E-state index contributed by atoms with van der Waals surface area (Å²) >= 11 is 0. The molecule has 0 aromatic heterocycles. The van der Waals surface area contributed by atoms with Crippen LogP contribution in [0.3, 0.4) is 0 Å². The van der Waals surface area contributed by atoms with Gasteiger partial charge < -0.3 is 9.84 Å². The molecule has 4 aliphatic carbocycles. The maximum Gasteiger partial charge on any atom is 0.302 e. The molecule has 0 aromatic carbocycles. The van der Waals surface area contributed by atoms with Gasteiger partial charge in [-0.3, -0.25) is 4.79 Å². The lowest BCUT2D eigenvalue weighted by Crippen LogP contribution is -2.54. The van der Waals surface area contributed by atoms with Gasteiger partial charge in [0.1, 0.15) is 6.10 Å². The molecule has 4 rings (SSSR count). The molecule has 0 aliphatic heterocycles. The molecule has 3 nitrogen and oxygen atoms in total. The number of ether oxygens (including phenoxy) is 1. The Bertz CT molecular complexity index is 732. The molecule has 3 heteroatoms. The van der Waals surface area contributed by atoms with Gasteiger partial charge in [-0.1, -0.05) is 41.5 Å². The van der Waals surface area contributed by atoms with Crippen LogP contribution in [-0.2, 0) is 9.53 Å². The molecule has 0 heterocycles. The Morgan fingerprint density at radius 3 is 2.32 bits per heavy atom. The molecular formula is C31H54O3. The minimum absolute atomic E-state index is 0.104. The smallest absolute Gasteiger partial charge is 0.302 e. The first-order chi connectivity index (χ1) is 15.9. The van der Waals surface area contributed by atoms with E-state index in [-0.39, 0.29) is 12.1 Å². The van der Waals surface area contributed by atoms with E-state index in [0.29, 0.717) is 22.7 Å². The maximum absolute atomic E-state index is 11.5. The number of hydrogen-bond acceptors (Lipinski definition) is 3. The molecule has 0 unspecified atom stereocenters. The molecule has 0 radical (unpaired) electrons. The van der Waals surface area contributed by atoms with Gasteiger partial charge in [0.15, 0.2) is 0 Å². The Balaban J connectivity index is 1.43. The fourth-order valence-corrected chi connectivity index (χ4v) is 10.1. The molecule has 4 aliphatic rings. The number of aliphatic hydroxyl groups is 1. The Morgan fingerprint density at radius 1 is 1.00 bits per heavy atom. The second-order valence-corrected chi connectivity index (χ2v) is 14.0. The van der Waals surface area contributed by atoms with Crippen molar-refractivity contribution in [2.24, 2.45) is 52.3 Å². The van der Waals surface area contributed by atoms with Crippen molar-refractivity contribution in [3.8, 4) is 0 Å². The molecule has 10 atom stereocenters. The minimum atomic E-state index is -0.497. The van der Waals surface area contributed by atoms with Gasteiger partial charge in [0.05, 0.1) is 5.60 Å². The highest BCUT2D eigenvalue weighted by molar-refractivity contribution is 5.66. The molecule has 4 fully saturated rings. The molecule has 1 N–H and O–H groups in total. The van der Waals surface area contributed by atoms with Crippen molar-refractivity contribution in [1.29, 1.82) is 0 Å². The lowest BCUT2D eigenvalue weighted by Gasteiger charge is -2.61. The van der Waals surface area contributed by atoms with E-state index in [1.54, 1.807) is 6.92 Å². The molecule has 0 bridgehead atoms. The van der Waals surface area contributed by atoms with Gasteiger partial charge >= 0.3 is 5.97 Å². The minimum Gasteiger partial charge on any atom is -0.463 e. The first-order valence-corrected chi connectivity index (χ1v) is 14.8. The van der Waals surface area contributed by atoms with Crippen molar-refractivity contribution >= 4 is 5.97 Å². The molecular weight excluding hydrogens is 420 g/mol. The van der Waals surface area contributed by atoms with Crippen molar-refractivity contribution in [2.45, 2.75) is 137 Å². The summed E-state index contributed by atoms with van der Waals surface area (Å²) in [5.74, 6) is 5.12. The number of rotatable bonds is 7. The van der Waals surface area contributed by atoms with Crippen LogP contribution in [0.1, 0.15) is 126 Å². The number of esters is 1. The fourth-order valence-electron chi connectivity index (χ4n) is 10.1. The van der Waals surface area contributed by atoms with Crippen LogP contribution >= 0.6 is 0 Å². The summed E-state index contributed by atoms with van der Waals surface area (Å²) in [5.41, 5.74) is 0.434. The summed E-state index contributed by atoms with van der Waals surface area (Å²) in [4.78, 5) is 11.5. The predicted molar refractivity (Wildman–Crippen MR) is 139 cm³/mol. The number of hydrogen-bond donors (Lipinski definition) is 1. The summed E-state index contributed by atoms with van der Waals surface area (Å²) < 4.78 is 5.66. The highest BCUT2D eigenvalue weighted by atomic mass is 16.5. The van der Waals surface area contributed by atoms with Gasteiger partial charge in [-0.25, -0.2) is 0 Å². The van der Waals surface area contributed by atoms with Gasteiger partial charge in [0.25, 0.3) is 0 Å². The first-order valence-electron chi connectivity index (χ1n) is 14.8. The standard InChI is InChI=1S/C31H54O3/c1-8-31(33,20(2)3)18-13-21(4)26-11-12-27-25-10-9-23-19-24(34-22(5)32)14-16-29(23,6)28(25)15-17-30(26,27)7/h20-21,23-28,33H,8-19H2,1-7H3/t21-,23+,24+,25+,26-,27+,28+,29+,30-,31+/m1/s1. The molecule has 0 aromatic rings. The zero-order valence-electron chi connectivity index (χ0n) is 23.4. The first kappa shape index (κ1) is 26.5. The van der Waals surface area contributed by atoms with E-state index in [4.69, 9.17) is 4.74 Å². The third-order valence-corrected chi connectivity index (χ3v) is 12.4. The number of fused-ring (bicyclic) bond motifs is 5. The Labute approximate surface area is 210 Å². The lowest BCUT2D eigenvalue weighted by molar-refractivity contribution is -0.160. The van der Waals surface area contributed by atoms with Crippen molar-refractivity contribution in [3.05, 3.63) is 0 Å². The van der Waals surface area contributed by atoms with E-state index in [1.807, 2.05) is 0 Å². The van der Waals surface area contributed by atoms with Gasteiger partial charge in [0, 0.05) is 6.92 Å². The summed E-state index contributed by atoms with van der Waals surface area (Å²) in [7, 11) is 0. The van der Waals surface area contributed by atoms with Crippen LogP contribution in [0.2, 0.25) is 0 Å². The van der Waals surface area contributed by atoms with Crippen LogP contribution in [-0.4, -0.2) is 22.8 Å². The second-order valence-electron chi connectivity index (χ2n) is 14.0. The molecule has 0 spiro atoms. The van der Waals surface area contributed by atoms with Crippen molar-refractivity contribution in [2.75, 3.05) is 0 Å². The zero-order valence-corrected chi connectivity index (χ0v) is 23.4. The van der Waals surface area contributed by atoms with Gasteiger partial charge in [-0.05, 0) is 129 Å². The van der Waals surface area contributed by atoms with Crippen LogP contribution < -0.4 is 0 Å². The van der Waals surface area contributed by atoms with E-state index in [9.17, 15) is 9.90 Å². The van der Waals surface area contributed by atoms with Crippen molar-refractivity contribution in [3.63, 3.8) is 0 Å². The molecule has 0 saturated heterocycles. The monoisotopic (exact) mass is 474 g/mol. The van der Waals surface area contributed by atoms with Crippen LogP contribution in [0, 0.1) is 52.3 Å². The summed E-state index contributed by atoms with van der Waals surface area (Å²) in [6.07, 6.45) is 14.9. The fraction of sp³-hybridized carbons (Fsp3) is 0.968. The van der Waals surface area contributed by atoms with Crippen LogP contribution in [0.25, 0.3) is 0 Å². The molecule has 34 heavy (non-hydrogen) atoms. The second kappa shape index (κ2) is 9.71. The topological polar surface area (TPSA) is 46.5 Å². The largest absolute Gasteiger partial charge is 0.463 e. The summed E-state index contributed by atoms with van der Waals surface area (Å²) in [6.45, 7) is 15.8. The average Bonchev–Trinajstić information content (AvgIpc) is 3.14. The number of carbonyl (C=O) groups is 1. The quantitative estimate of drug-likeness (QED) is 0.383. The normalized spacial score (nSPS) is 44.5. The third kappa shape index (κ3) is 4.50.